The number of halogens is 1. The Hall–Kier alpha value is 0.120. The Morgan fingerprint density at radius 2 is 2.17 bits per heavy atom. The van der Waals surface area contributed by atoms with Gasteiger partial charge in [0.2, 0.25) is 0 Å². The molecule has 0 saturated carbocycles. The predicted molar refractivity (Wildman–Crippen MR) is 47.3 cm³/mol. The minimum atomic E-state index is -3.49. The lowest BCUT2D eigenvalue weighted by atomic mass is 10.3. The van der Waals surface area contributed by atoms with Gasteiger partial charge in [0.25, 0.3) is 10.2 Å². The molecule has 74 valence electrons. The summed E-state index contributed by atoms with van der Waals surface area (Å²) in [6, 6.07) is 0. The van der Waals surface area contributed by atoms with Crippen molar-refractivity contribution in [2.45, 2.75) is 12.5 Å². The van der Waals surface area contributed by atoms with Crippen molar-refractivity contribution < 1.29 is 13.2 Å². The van der Waals surface area contributed by atoms with Crippen molar-refractivity contribution in [1.29, 1.82) is 0 Å². The van der Waals surface area contributed by atoms with E-state index in [-0.39, 0.29) is 18.5 Å². The molecular formula is C5H13ClN2O3S. The maximum Gasteiger partial charge on any atom is 0.276 e. The maximum atomic E-state index is 10.7. The molecule has 0 radical (unpaired) electrons. The van der Waals surface area contributed by atoms with E-state index in [9.17, 15) is 8.42 Å². The van der Waals surface area contributed by atoms with Crippen LogP contribution in [0.1, 0.15) is 6.42 Å². The molecule has 0 amide bonds. The third-order valence-electron chi connectivity index (χ3n) is 1.80. The van der Waals surface area contributed by atoms with Gasteiger partial charge in [0.1, 0.15) is 0 Å². The number of hydrogen-bond acceptors (Lipinski definition) is 3. The summed E-state index contributed by atoms with van der Waals surface area (Å²) in [4.78, 5) is 0. The van der Waals surface area contributed by atoms with Crippen LogP contribution >= 0.6 is 12.4 Å². The van der Waals surface area contributed by atoms with E-state index in [0.717, 1.165) is 6.42 Å². The second-order valence-electron chi connectivity index (χ2n) is 2.55. The first-order valence-corrected chi connectivity index (χ1v) is 4.85. The van der Waals surface area contributed by atoms with Crippen molar-refractivity contribution in [2.24, 2.45) is 5.14 Å². The largest absolute Gasteiger partial charge is 0.380 e. The van der Waals surface area contributed by atoms with Crippen LogP contribution in [0.4, 0.5) is 0 Å². The highest BCUT2D eigenvalue weighted by atomic mass is 35.5. The number of nitrogens with zero attached hydrogens (tertiary/aromatic N) is 1. The highest BCUT2D eigenvalue weighted by molar-refractivity contribution is 7.86. The van der Waals surface area contributed by atoms with Crippen molar-refractivity contribution in [3.63, 3.8) is 0 Å². The number of nitrogens with two attached hydrogens (primary N) is 1. The summed E-state index contributed by atoms with van der Waals surface area (Å²) >= 11 is 0. The van der Waals surface area contributed by atoms with Crippen LogP contribution in [-0.2, 0) is 14.9 Å². The van der Waals surface area contributed by atoms with E-state index < -0.39 is 10.2 Å². The molecule has 1 atom stereocenters. The SMILES string of the molecule is CO[C@@H]1CCN(S(N)(=O)=O)C1.Cl. The van der Waals surface area contributed by atoms with Gasteiger partial charge in [-0.15, -0.1) is 12.4 Å². The standard InChI is InChI=1S/C5H12N2O3S.ClH/c1-10-5-2-3-7(4-5)11(6,8)9;/h5H,2-4H2,1H3,(H2,6,8,9);1H/t5-;/m1./s1. The average molecular weight is 217 g/mol. The Bertz CT molecular complexity index is 231. The number of hydrogen-bond donors (Lipinski definition) is 1. The molecular weight excluding hydrogens is 204 g/mol. The molecule has 12 heavy (non-hydrogen) atoms. The summed E-state index contributed by atoms with van der Waals surface area (Å²) in [7, 11) is -1.93. The van der Waals surface area contributed by atoms with Crippen LogP contribution in [0.3, 0.4) is 0 Å². The molecule has 0 aromatic heterocycles. The van der Waals surface area contributed by atoms with Crippen molar-refractivity contribution in [3.8, 4) is 0 Å². The Morgan fingerprint density at radius 3 is 2.42 bits per heavy atom. The summed E-state index contributed by atoms with van der Waals surface area (Å²) in [6.45, 7) is 0.854. The van der Waals surface area contributed by atoms with Gasteiger partial charge in [-0.1, -0.05) is 0 Å². The zero-order valence-electron chi connectivity index (χ0n) is 6.76. The van der Waals surface area contributed by atoms with Crippen molar-refractivity contribution in [2.75, 3.05) is 20.2 Å². The van der Waals surface area contributed by atoms with Gasteiger partial charge in [-0.2, -0.15) is 12.7 Å². The highest BCUT2D eigenvalue weighted by Crippen LogP contribution is 2.13. The molecule has 0 bridgehead atoms. The molecule has 5 nitrogen and oxygen atoms in total. The lowest BCUT2D eigenvalue weighted by Gasteiger charge is -2.11. The van der Waals surface area contributed by atoms with Gasteiger partial charge in [-0.3, -0.25) is 0 Å². The smallest absolute Gasteiger partial charge is 0.276 e. The molecule has 0 aromatic carbocycles. The fourth-order valence-corrected chi connectivity index (χ4v) is 1.86. The first kappa shape index (κ1) is 12.1. The molecule has 1 fully saturated rings. The lowest BCUT2D eigenvalue weighted by molar-refractivity contribution is 0.115. The van der Waals surface area contributed by atoms with Gasteiger partial charge in [0.15, 0.2) is 0 Å². The molecule has 0 unspecified atom stereocenters. The molecule has 1 aliphatic heterocycles. The van der Waals surface area contributed by atoms with Gasteiger partial charge in [-0.25, -0.2) is 5.14 Å². The Balaban J connectivity index is 0.00000121. The van der Waals surface area contributed by atoms with E-state index in [1.54, 1.807) is 7.11 Å². The second-order valence-corrected chi connectivity index (χ2v) is 4.10. The topological polar surface area (TPSA) is 72.6 Å². The van der Waals surface area contributed by atoms with Crippen LogP contribution in [0.15, 0.2) is 0 Å². The number of rotatable bonds is 2. The summed E-state index contributed by atoms with van der Waals surface area (Å²) in [5.74, 6) is 0. The van der Waals surface area contributed by atoms with Gasteiger partial charge in [-0.05, 0) is 6.42 Å². The van der Waals surface area contributed by atoms with Crippen LogP contribution < -0.4 is 5.14 Å². The van der Waals surface area contributed by atoms with Gasteiger partial charge < -0.3 is 4.74 Å². The van der Waals surface area contributed by atoms with E-state index in [1.807, 2.05) is 0 Å². The molecule has 1 rings (SSSR count). The van der Waals surface area contributed by atoms with E-state index in [2.05, 4.69) is 0 Å². The van der Waals surface area contributed by atoms with Gasteiger partial charge >= 0.3 is 0 Å². The molecule has 1 heterocycles. The fraction of sp³-hybridized carbons (Fsp3) is 1.00. The maximum absolute atomic E-state index is 10.7. The van der Waals surface area contributed by atoms with E-state index >= 15 is 0 Å². The van der Waals surface area contributed by atoms with Crippen LogP contribution in [0.5, 0.6) is 0 Å². The van der Waals surface area contributed by atoms with E-state index in [0.29, 0.717) is 13.1 Å². The Labute approximate surface area is 78.5 Å². The summed E-state index contributed by atoms with van der Waals surface area (Å²) < 4.78 is 27.7. The third-order valence-corrected chi connectivity index (χ3v) is 2.85. The normalized spacial score (nSPS) is 25.3. The fourth-order valence-electron chi connectivity index (χ4n) is 1.12. The summed E-state index contributed by atoms with van der Waals surface area (Å²) in [5.41, 5.74) is 0. The second kappa shape index (κ2) is 4.38. The van der Waals surface area contributed by atoms with Crippen LogP contribution in [0.25, 0.3) is 0 Å². The molecule has 0 spiro atoms. The third kappa shape index (κ3) is 2.87. The van der Waals surface area contributed by atoms with Gasteiger partial charge in [0.05, 0.1) is 6.10 Å². The minimum absolute atomic E-state index is 0. The Morgan fingerprint density at radius 1 is 1.58 bits per heavy atom. The first-order chi connectivity index (χ1) is 5.04. The van der Waals surface area contributed by atoms with E-state index in [1.165, 1.54) is 4.31 Å². The first-order valence-electron chi connectivity index (χ1n) is 3.34. The number of ether oxygens (including phenoxy) is 1. The predicted octanol–water partition coefficient (Wildman–Crippen LogP) is -0.668. The van der Waals surface area contributed by atoms with Crippen molar-refractivity contribution in [1.82, 2.24) is 4.31 Å². The molecule has 0 aliphatic carbocycles. The highest BCUT2D eigenvalue weighted by Gasteiger charge is 2.28. The van der Waals surface area contributed by atoms with Crippen LogP contribution in [-0.4, -0.2) is 39.0 Å². The summed E-state index contributed by atoms with van der Waals surface area (Å²) in [5, 5.41) is 4.90. The van der Waals surface area contributed by atoms with Crippen LogP contribution in [0.2, 0.25) is 0 Å². The zero-order chi connectivity index (χ0) is 8.48. The minimum Gasteiger partial charge on any atom is -0.380 e. The van der Waals surface area contributed by atoms with Crippen LogP contribution in [0, 0.1) is 0 Å². The molecule has 0 aromatic rings. The average Bonchev–Trinajstić information content (AvgIpc) is 2.32. The van der Waals surface area contributed by atoms with Gasteiger partial charge in [0, 0.05) is 20.2 Å². The number of methoxy groups -OCH3 is 1. The quantitative estimate of drug-likeness (QED) is 0.666. The van der Waals surface area contributed by atoms with E-state index in [4.69, 9.17) is 9.88 Å². The molecule has 1 saturated heterocycles. The lowest BCUT2D eigenvalue weighted by Crippen LogP contribution is -2.35. The molecule has 1 aliphatic rings. The monoisotopic (exact) mass is 216 g/mol. The molecule has 7 heteroatoms. The zero-order valence-corrected chi connectivity index (χ0v) is 8.40. The van der Waals surface area contributed by atoms with Crippen molar-refractivity contribution in [3.05, 3.63) is 0 Å². The molecule has 2 N–H and O–H groups in total. The summed E-state index contributed by atoms with van der Waals surface area (Å²) in [6.07, 6.45) is 0.737. The Kier molecular flexibility index (Phi) is 4.43. The van der Waals surface area contributed by atoms with Crippen molar-refractivity contribution >= 4 is 22.6 Å².